The van der Waals surface area contributed by atoms with Crippen molar-refractivity contribution in [2.24, 2.45) is 4.99 Å². The number of hydrogen-bond acceptors (Lipinski definition) is 5. The Morgan fingerprint density at radius 1 is 1.07 bits per heavy atom. The lowest BCUT2D eigenvalue weighted by Crippen LogP contribution is -2.36. The highest BCUT2D eigenvalue weighted by Gasteiger charge is 2.11. The van der Waals surface area contributed by atoms with Gasteiger partial charge in [0.1, 0.15) is 6.26 Å². The Morgan fingerprint density at radius 3 is 2.55 bits per heavy atom. The molecule has 9 heteroatoms. The molecule has 0 atom stereocenters. The minimum absolute atomic E-state index is 0.221. The second-order valence-electron chi connectivity index (χ2n) is 6.14. The van der Waals surface area contributed by atoms with Crippen molar-refractivity contribution in [2.45, 2.75) is 18.0 Å². The molecule has 0 aliphatic rings. The molecule has 0 bridgehead atoms. The molecule has 0 unspecified atom stereocenters. The maximum Gasteiger partial charge on any atom is 0.240 e. The fourth-order valence-electron chi connectivity index (χ4n) is 2.62. The van der Waals surface area contributed by atoms with Crippen LogP contribution in [0.25, 0.3) is 11.5 Å². The molecule has 2 aromatic carbocycles. The molecule has 0 saturated carbocycles. The molecule has 1 aromatic heterocycles. The van der Waals surface area contributed by atoms with Gasteiger partial charge in [0.05, 0.1) is 17.1 Å². The van der Waals surface area contributed by atoms with E-state index in [1.54, 1.807) is 31.5 Å². The van der Waals surface area contributed by atoms with E-state index in [1.165, 1.54) is 7.05 Å². The van der Waals surface area contributed by atoms with Gasteiger partial charge in [0.2, 0.25) is 15.9 Å². The summed E-state index contributed by atoms with van der Waals surface area (Å²) in [5.74, 6) is 1.13. The van der Waals surface area contributed by atoms with E-state index >= 15 is 0 Å². The van der Waals surface area contributed by atoms with E-state index in [0.29, 0.717) is 24.9 Å². The lowest BCUT2D eigenvalue weighted by atomic mass is 10.2. The SMILES string of the molecule is CN=C(NCc1cccc(S(=O)(=O)NC)c1)NCc1coc(-c2ccccc2)n1. The molecule has 0 saturated heterocycles. The normalized spacial score (nSPS) is 12.0. The van der Waals surface area contributed by atoms with Gasteiger partial charge in [-0.25, -0.2) is 18.1 Å². The summed E-state index contributed by atoms with van der Waals surface area (Å²) in [6, 6.07) is 16.4. The summed E-state index contributed by atoms with van der Waals surface area (Å²) >= 11 is 0. The van der Waals surface area contributed by atoms with Crippen LogP contribution in [0.15, 0.2) is 75.2 Å². The lowest BCUT2D eigenvalue weighted by molar-refractivity contribution is 0.572. The Bertz CT molecular complexity index is 1080. The first kappa shape index (κ1) is 20.6. The Labute approximate surface area is 170 Å². The molecule has 3 aromatic rings. The minimum Gasteiger partial charge on any atom is -0.444 e. The Morgan fingerprint density at radius 2 is 1.83 bits per heavy atom. The summed E-state index contributed by atoms with van der Waals surface area (Å²) in [7, 11) is -0.424. The van der Waals surface area contributed by atoms with Crippen molar-refractivity contribution in [1.29, 1.82) is 0 Å². The standard InChI is InChI=1S/C20H23N5O3S/c1-21-20(23-12-15-7-6-10-18(11-15)29(26,27)22-2)24-13-17-14-28-19(25-17)16-8-4-3-5-9-16/h3-11,14,22H,12-13H2,1-2H3,(H2,21,23,24). The van der Waals surface area contributed by atoms with Crippen molar-refractivity contribution >= 4 is 16.0 Å². The summed E-state index contributed by atoms with van der Waals surface area (Å²) in [4.78, 5) is 8.86. The van der Waals surface area contributed by atoms with E-state index in [-0.39, 0.29) is 4.90 Å². The first-order valence-electron chi connectivity index (χ1n) is 8.98. The average Bonchev–Trinajstić information content (AvgIpc) is 3.24. The van der Waals surface area contributed by atoms with Gasteiger partial charge in [-0.15, -0.1) is 0 Å². The highest BCUT2D eigenvalue weighted by Crippen LogP contribution is 2.17. The number of oxazole rings is 1. The molecule has 0 fully saturated rings. The van der Waals surface area contributed by atoms with Gasteiger partial charge in [0, 0.05) is 19.2 Å². The summed E-state index contributed by atoms with van der Waals surface area (Å²) in [5.41, 5.74) is 2.48. The number of sulfonamides is 1. The minimum atomic E-state index is -3.47. The maximum atomic E-state index is 11.9. The first-order valence-corrected chi connectivity index (χ1v) is 10.5. The number of aromatic nitrogens is 1. The molecule has 0 amide bonds. The second kappa shape index (κ2) is 9.35. The number of benzene rings is 2. The third-order valence-electron chi connectivity index (χ3n) is 4.17. The number of hydrogen-bond donors (Lipinski definition) is 3. The van der Waals surface area contributed by atoms with Gasteiger partial charge in [-0.2, -0.15) is 0 Å². The molecule has 0 radical (unpaired) electrons. The van der Waals surface area contributed by atoms with Crippen LogP contribution in [0.5, 0.6) is 0 Å². The summed E-state index contributed by atoms with van der Waals surface area (Å²) < 4.78 is 31.7. The average molecular weight is 414 g/mol. The van der Waals surface area contributed by atoms with Crippen LogP contribution in [-0.2, 0) is 23.1 Å². The van der Waals surface area contributed by atoms with Gasteiger partial charge in [0.25, 0.3) is 0 Å². The van der Waals surface area contributed by atoms with Crippen LogP contribution in [0.4, 0.5) is 0 Å². The Balaban J connectivity index is 1.57. The fraction of sp³-hybridized carbons (Fsp3) is 0.200. The zero-order chi connectivity index (χ0) is 20.7. The Kier molecular flexibility index (Phi) is 6.63. The quantitative estimate of drug-likeness (QED) is 0.404. The van der Waals surface area contributed by atoms with Crippen molar-refractivity contribution in [2.75, 3.05) is 14.1 Å². The van der Waals surface area contributed by atoms with Crippen LogP contribution in [0, 0.1) is 0 Å². The monoisotopic (exact) mass is 413 g/mol. The van der Waals surface area contributed by atoms with Crippen LogP contribution < -0.4 is 15.4 Å². The zero-order valence-corrected chi connectivity index (χ0v) is 17.0. The topological polar surface area (TPSA) is 109 Å². The van der Waals surface area contributed by atoms with Gasteiger partial charge in [0.15, 0.2) is 5.96 Å². The van der Waals surface area contributed by atoms with Crippen molar-refractivity contribution in [1.82, 2.24) is 20.3 Å². The van der Waals surface area contributed by atoms with Crippen molar-refractivity contribution < 1.29 is 12.8 Å². The molecular formula is C20H23N5O3S. The van der Waals surface area contributed by atoms with Gasteiger partial charge < -0.3 is 15.1 Å². The molecule has 1 heterocycles. The van der Waals surface area contributed by atoms with Gasteiger partial charge >= 0.3 is 0 Å². The lowest BCUT2D eigenvalue weighted by Gasteiger charge is -2.11. The molecule has 0 aliphatic heterocycles. The molecule has 0 spiro atoms. The predicted molar refractivity (Wildman–Crippen MR) is 112 cm³/mol. The van der Waals surface area contributed by atoms with E-state index in [9.17, 15) is 8.42 Å². The zero-order valence-electron chi connectivity index (χ0n) is 16.2. The van der Waals surface area contributed by atoms with Crippen molar-refractivity contribution in [3.63, 3.8) is 0 Å². The predicted octanol–water partition coefficient (Wildman–Crippen LogP) is 2.11. The van der Waals surface area contributed by atoms with Crippen LogP contribution in [0.3, 0.4) is 0 Å². The molecular weight excluding hydrogens is 390 g/mol. The summed E-state index contributed by atoms with van der Waals surface area (Å²) in [6.07, 6.45) is 1.61. The van der Waals surface area contributed by atoms with Crippen molar-refractivity contribution in [3.05, 3.63) is 72.1 Å². The molecule has 152 valence electrons. The van der Waals surface area contributed by atoms with Gasteiger partial charge in [-0.3, -0.25) is 4.99 Å². The molecule has 8 nitrogen and oxygen atoms in total. The number of aliphatic imine (C=N–C) groups is 1. The van der Waals surface area contributed by atoms with E-state index in [0.717, 1.165) is 16.8 Å². The number of nitrogens with zero attached hydrogens (tertiary/aromatic N) is 2. The smallest absolute Gasteiger partial charge is 0.240 e. The number of guanidine groups is 1. The van der Waals surface area contributed by atoms with Crippen LogP contribution in [0.1, 0.15) is 11.3 Å². The highest BCUT2D eigenvalue weighted by molar-refractivity contribution is 7.89. The molecule has 0 aliphatic carbocycles. The third-order valence-corrected chi connectivity index (χ3v) is 5.58. The molecule has 29 heavy (non-hydrogen) atoms. The fourth-order valence-corrected chi connectivity index (χ4v) is 3.42. The van der Waals surface area contributed by atoms with Gasteiger partial charge in [-0.1, -0.05) is 30.3 Å². The molecule has 3 rings (SSSR count). The summed E-state index contributed by atoms with van der Waals surface area (Å²) in [5, 5.41) is 6.32. The Hall–Kier alpha value is -3.17. The number of nitrogens with one attached hydrogen (secondary N) is 3. The van der Waals surface area contributed by atoms with Crippen LogP contribution in [-0.4, -0.2) is 33.5 Å². The van der Waals surface area contributed by atoms with E-state index in [4.69, 9.17) is 4.42 Å². The van der Waals surface area contributed by atoms with E-state index in [2.05, 4.69) is 25.3 Å². The van der Waals surface area contributed by atoms with Crippen LogP contribution >= 0.6 is 0 Å². The maximum absolute atomic E-state index is 11.9. The van der Waals surface area contributed by atoms with E-state index in [1.807, 2.05) is 36.4 Å². The van der Waals surface area contributed by atoms with E-state index < -0.39 is 10.0 Å². The second-order valence-corrected chi connectivity index (χ2v) is 8.03. The van der Waals surface area contributed by atoms with Gasteiger partial charge in [-0.05, 0) is 36.9 Å². The summed E-state index contributed by atoms with van der Waals surface area (Å²) in [6.45, 7) is 0.852. The highest BCUT2D eigenvalue weighted by atomic mass is 32.2. The van der Waals surface area contributed by atoms with Crippen molar-refractivity contribution in [3.8, 4) is 11.5 Å². The van der Waals surface area contributed by atoms with Crippen LogP contribution in [0.2, 0.25) is 0 Å². The molecule has 3 N–H and O–H groups in total. The first-order chi connectivity index (χ1) is 14.0. The largest absolute Gasteiger partial charge is 0.444 e. The number of rotatable bonds is 7. The third kappa shape index (κ3) is 5.43.